The maximum absolute atomic E-state index is 5.92. The highest BCUT2D eigenvalue weighted by Gasteiger charge is 2.26. The highest BCUT2D eigenvalue weighted by molar-refractivity contribution is 5.30. The van der Waals surface area contributed by atoms with Gasteiger partial charge in [-0.3, -0.25) is 0 Å². The van der Waals surface area contributed by atoms with E-state index in [-0.39, 0.29) is 12.1 Å². The monoisotopic (exact) mass is 277 g/mol. The van der Waals surface area contributed by atoms with E-state index in [1.807, 2.05) is 7.05 Å². The Labute approximate surface area is 122 Å². The van der Waals surface area contributed by atoms with Gasteiger partial charge in [0.2, 0.25) is 0 Å². The minimum atomic E-state index is 0.181. The molecular formula is C17H27NO2. The summed E-state index contributed by atoms with van der Waals surface area (Å²) >= 11 is 0. The molecule has 0 bridgehead atoms. The van der Waals surface area contributed by atoms with Crippen LogP contribution in [0, 0.1) is 5.92 Å². The standard InChI is InChI=1S/C17H27NO2/c1-5-19-17(12(2)3)16(18-4)13-6-8-14(9-7-13)20-15-10-11-15/h6-9,12,15-18H,5,10-11H2,1-4H3. The van der Waals surface area contributed by atoms with E-state index in [2.05, 4.69) is 50.4 Å². The fraction of sp³-hybridized carbons (Fsp3) is 0.647. The molecule has 0 aromatic heterocycles. The lowest BCUT2D eigenvalue weighted by Crippen LogP contribution is -2.35. The first kappa shape index (κ1) is 15.3. The van der Waals surface area contributed by atoms with Crippen LogP contribution in [0.2, 0.25) is 0 Å². The number of benzene rings is 1. The van der Waals surface area contributed by atoms with Gasteiger partial charge in [-0.15, -0.1) is 0 Å². The second-order valence-electron chi connectivity index (χ2n) is 5.82. The third kappa shape index (κ3) is 3.97. The topological polar surface area (TPSA) is 30.5 Å². The average molecular weight is 277 g/mol. The molecule has 1 aromatic carbocycles. The van der Waals surface area contributed by atoms with Crippen LogP contribution in [0.15, 0.2) is 24.3 Å². The lowest BCUT2D eigenvalue weighted by atomic mass is 9.93. The number of nitrogens with one attached hydrogen (secondary N) is 1. The van der Waals surface area contributed by atoms with Gasteiger partial charge in [0.05, 0.1) is 18.2 Å². The molecule has 1 fully saturated rings. The SMILES string of the molecule is CCOC(C(C)C)C(NC)c1ccc(OC2CC2)cc1. The molecule has 1 N–H and O–H groups in total. The van der Waals surface area contributed by atoms with E-state index in [1.54, 1.807) is 0 Å². The summed E-state index contributed by atoms with van der Waals surface area (Å²) in [6.07, 6.45) is 3.02. The minimum Gasteiger partial charge on any atom is -0.490 e. The molecule has 1 aliphatic rings. The highest BCUT2D eigenvalue weighted by atomic mass is 16.5. The fourth-order valence-electron chi connectivity index (χ4n) is 2.52. The first-order chi connectivity index (χ1) is 9.65. The molecule has 0 spiro atoms. The Morgan fingerprint density at radius 2 is 1.85 bits per heavy atom. The molecule has 0 heterocycles. The molecule has 2 unspecified atom stereocenters. The van der Waals surface area contributed by atoms with Crippen molar-refractivity contribution in [1.82, 2.24) is 5.32 Å². The molecule has 0 saturated heterocycles. The molecule has 3 nitrogen and oxygen atoms in total. The number of ether oxygens (including phenoxy) is 2. The molecular weight excluding hydrogens is 250 g/mol. The summed E-state index contributed by atoms with van der Waals surface area (Å²) < 4.78 is 11.7. The number of rotatable bonds is 8. The zero-order chi connectivity index (χ0) is 14.5. The molecule has 0 aliphatic heterocycles. The third-order valence-electron chi connectivity index (χ3n) is 3.72. The Kier molecular flexibility index (Phi) is 5.44. The summed E-state index contributed by atoms with van der Waals surface area (Å²) in [5, 5.41) is 3.39. The largest absolute Gasteiger partial charge is 0.490 e. The van der Waals surface area contributed by atoms with Gasteiger partial charge in [0, 0.05) is 6.61 Å². The van der Waals surface area contributed by atoms with E-state index in [4.69, 9.17) is 9.47 Å². The van der Waals surface area contributed by atoms with Crippen LogP contribution in [0.5, 0.6) is 5.75 Å². The zero-order valence-electron chi connectivity index (χ0n) is 13.1. The summed E-state index contributed by atoms with van der Waals surface area (Å²) in [6, 6.07) is 8.65. The zero-order valence-corrected chi connectivity index (χ0v) is 13.1. The van der Waals surface area contributed by atoms with Crippen molar-refractivity contribution in [1.29, 1.82) is 0 Å². The smallest absolute Gasteiger partial charge is 0.119 e. The van der Waals surface area contributed by atoms with Crippen LogP contribution in [-0.2, 0) is 4.74 Å². The Balaban J connectivity index is 2.08. The molecule has 0 amide bonds. The van der Waals surface area contributed by atoms with Crippen LogP contribution in [-0.4, -0.2) is 25.9 Å². The molecule has 1 aromatic rings. The summed E-state index contributed by atoms with van der Waals surface area (Å²) in [5.74, 6) is 1.44. The van der Waals surface area contributed by atoms with Crippen LogP contribution in [0.3, 0.4) is 0 Å². The van der Waals surface area contributed by atoms with Gasteiger partial charge in [0.1, 0.15) is 5.75 Å². The predicted octanol–water partition coefficient (Wildman–Crippen LogP) is 3.55. The molecule has 2 atom stereocenters. The first-order valence-electron chi connectivity index (χ1n) is 7.71. The van der Waals surface area contributed by atoms with Gasteiger partial charge in [0.25, 0.3) is 0 Å². The van der Waals surface area contributed by atoms with Gasteiger partial charge in [-0.05, 0) is 50.4 Å². The summed E-state index contributed by atoms with van der Waals surface area (Å²) in [7, 11) is 1.99. The number of hydrogen-bond donors (Lipinski definition) is 1. The Bertz CT molecular complexity index is 398. The van der Waals surface area contributed by atoms with Gasteiger partial charge >= 0.3 is 0 Å². The van der Waals surface area contributed by atoms with E-state index in [0.717, 1.165) is 12.4 Å². The normalized spacial score (nSPS) is 18.1. The second-order valence-corrected chi connectivity index (χ2v) is 5.82. The van der Waals surface area contributed by atoms with Crippen molar-refractivity contribution in [2.45, 2.75) is 51.9 Å². The lowest BCUT2D eigenvalue weighted by molar-refractivity contribution is 0.00459. The van der Waals surface area contributed by atoms with Crippen molar-refractivity contribution in [3.63, 3.8) is 0 Å². The van der Waals surface area contributed by atoms with Crippen molar-refractivity contribution < 1.29 is 9.47 Å². The van der Waals surface area contributed by atoms with Crippen molar-refractivity contribution in [3.8, 4) is 5.75 Å². The van der Waals surface area contributed by atoms with Crippen LogP contribution in [0.25, 0.3) is 0 Å². The van der Waals surface area contributed by atoms with Crippen molar-refractivity contribution >= 4 is 0 Å². The Morgan fingerprint density at radius 3 is 2.30 bits per heavy atom. The maximum Gasteiger partial charge on any atom is 0.119 e. The number of hydrogen-bond acceptors (Lipinski definition) is 3. The summed E-state index contributed by atoms with van der Waals surface area (Å²) in [6.45, 7) is 7.20. The third-order valence-corrected chi connectivity index (χ3v) is 3.72. The van der Waals surface area contributed by atoms with E-state index in [9.17, 15) is 0 Å². The number of likely N-dealkylation sites (N-methyl/N-ethyl adjacent to an activating group) is 1. The summed E-state index contributed by atoms with van der Waals surface area (Å²) in [4.78, 5) is 0. The molecule has 3 heteroatoms. The lowest BCUT2D eigenvalue weighted by Gasteiger charge is -2.30. The van der Waals surface area contributed by atoms with Crippen LogP contribution >= 0.6 is 0 Å². The maximum atomic E-state index is 5.92. The molecule has 2 rings (SSSR count). The molecule has 20 heavy (non-hydrogen) atoms. The van der Waals surface area contributed by atoms with Gasteiger partial charge in [-0.25, -0.2) is 0 Å². The molecule has 0 radical (unpaired) electrons. The van der Waals surface area contributed by atoms with Crippen LogP contribution < -0.4 is 10.1 Å². The average Bonchev–Trinajstić information content (AvgIpc) is 3.24. The van der Waals surface area contributed by atoms with Crippen molar-refractivity contribution in [2.24, 2.45) is 5.92 Å². The molecule has 1 aliphatic carbocycles. The fourth-order valence-corrected chi connectivity index (χ4v) is 2.52. The first-order valence-corrected chi connectivity index (χ1v) is 7.71. The minimum absolute atomic E-state index is 0.181. The Morgan fingerprint density at radius 1 is 1.20 bits per heavy atom. The van der Waals surface area contributed by atoms with E-state index in [0.29, 0.717) is 12.0 Å². The van der Waals surface area contributed by atoms with Crippen molar-refractivity contribution in [2.75, 3.05) is 13.7 Å². The van der Waals surface area contributed by atoms with Crippen LogP contribution in [0.1, 0.15) is 45.2 Å². The predicted molar refractivity (Wildman–Crippen MR) is 82.1 cm³/mol. The van der Waals surface area contributed by atoms with Gasteiger partial charge in [-0.1, -0.05) is 26.0 Å². The Hall–Kier alpha value is -1.06. The van der Waals surface area contributed by atoms with Gasteiger partial charge < -0.3 is 14.8 Å². The second kappa shape index (κ2) is 7.09. The molecule has 1 saturated carbocycles. The van der Waals surface area contributed by atoms with E-state index < -0.39 is 0 Å². The summed E-state index contributed by atoms with van der Waals surface area (Å²) in [5.41, 5.74) is 1.25. The van der Waals surface area contributed by atoms with E-state index >= 15 is 0 Å². The quantitative estimate of drug-likeness (QED) is 0.788. The van der Waals surface area contributed by atoms with Crippen molar-refractivity contribution in [3.05, 3.63) is 29.8 Å². The van der Waals surface area contributed by atoms with Gasteiger partial charge in [-0.2, -0.15) is 0 Å². The highest BCUT2D eigenvalue weighted by Crippen LogP contribution is 2.29. The van der Waals surface area contributed by atoms with E-state index in [1.165, 1.54) is 18.4 Å². The van der Waals surface area contributed by atoms with Gasteiger partial charge in [0.15, 0.2) is 0 Å². The van der Waals surface area contributed by atoms with Crippen LogP contribution in [0.4, 0.5) is 0 Å². The molecule has 112 valence electrons.